The zero-order valence-electron chi connectivity index (χ0n) is 9.08. The summed E-state index contributed by atoms with van der Waals surface area (Å²) in [5.41, 5.74) is 2.36. The maximum Gasteiger partial charge on any atom is 0.122 e. The summed E-state index contributed by atoms with van der Waals surface area (Å²) < 4.78 is 5.23. The van der Waals surface area contributed by atoms with Gasteiger partial charge >= 0.3 is 0 Å². The van der Waals surface area contributed by atoms with Crippen molar-refractivity contribution >= 4 is 0 Å². The van der Waals surface area contributed by atoms with Crippen molar-refractivity contribution in [3.63, 3.8) is 0 Å². The van der Waals surface area contributed by atoms with Crippen LogP contribution in [0.2, 0.25) is 0 Å². The van der Waals surface area contributed by atoms with Gasteiger partial charge in [-0.3, -0.25) is 0 Å². The predicted octanol–water partition coefficient (Wildman–Crippen LogP) is 2.32. The Labute approximate surface area is 85.5 Å². The van der Waals surface area contributed by atoms with Crippen LogP contribution in [0, 0.1) is 6.92 Å². The zero-order valence-corrected chi connectivity index (χ0v) is 9.08. The highest BCUT2D eigenvalue weighted by atomic mass is 16.5. The van der Waals surface area contributed by atoms with E-state index < -0.39 is 0 Å². The average molecular weight is 194 g/mol. The zero-order chi connectivity index (χ0) is 10.6. The molecule has 0 fully saturated rings. The molecule has 1 aromatic rings. The predicted molar refractivity (Wildman–Crippen MR) is 57.7 cm³/mol. The smallest absolute Gasteiger partial charge is 0.122 e. The van der Waals surface area contributed by atoms with Gasteiger partial charge in [0.15, 0.2) is 0 Å². The Bertz CT molecular complexity index is 292. The van der Waals surface area contributed by atoms with Crippen molar-refractivity contribution < 1.29 is 9.84 Å². The Morgan fingerprint density at radius 1 is 1.43 bits per heavy atom. The highest BCUT2D eigenvalue weighted by Gasteiger charge is 2.02. The summed E-state index contributed by atoms with van der Waals surface area (Å²) in [6, 6.07) is 6.17. The highest BCUT2D eigenvalue weighted by molar-refractivity contribution is 5.36. The Kier molecular flexibility index (Phi) is 3.96. The lowest BCUT2D eigenvalue weighted by Gasteiger charge is -2.08. The van der Waals surface area contributed by atoms with Crippen LogP contribution in [0.15, 0.2) is 18.2 Å². The van der Waals surface area contributed by atoms with Gasteiger partial charge in [-0.05, 0) is 43.9 Å². The third-order valence-corrected chi connectivity index (χ3v) is 2.32. The number of methoxy groups -OCH3 is 1. The second kappa shape index (κ2) is 5.01. The van der Waals surface area contributed by atoms with E-state index in [9.17, 15) is 0 Å². The Hall–Kier alpha value is -1.02. The minimum atomic E-state index is -0.234. The van der Waals surface area contributed by atoms with Crippen LogP contribution in [0.5, 0.6) is 5.75 Å². The molecular weight excluding hydrogens is 176 g/mol. The number of hydrogen-bond donors (Lipinski definition) is 1. The molecule has 1 N–H and O–H groups in total. The van der Waals surface area contributed by atoms with Crippen molar-refractivity contribution in [1.82, 2.24) is 0 Å². The van der Waals surface area contributed by atoms with Gasteiger partial charge in [0.05, 0.1) is 13.2 Å². The van der Waals surface area contributed by atoms with Gasteiger partial charge in [-0.15, -0.1) is 0 Å². The summed E-state index contributed by atoms with van der Waals surface area (Å²) in [4.78, 5) is 0. The van der Waals surface area contributed by atoms with Crippen molar-refractivity contribution in [1.29, 1.82) is 0 Å². The fourth-order valence-electron chi connectivity index (χ4n) is 1.40. The molecule has 14 heavy (non-hydrogen) atoms. The van der Waals surface area contributed by atoms with Crippen LogP contribution in [0.4, 0.5) is 0 Å². The molecule has 2 nitrogen and oxygen atoms in total. The second-order valence-corrected chi connectivity index (χ2v) is 3.69. The van der Waals surface area contributed by atoms with Gasteiger partial charge in [0.2, 0.25) is 0 Å². The number of ether oxygens (including phenoxy) is 1. The average Bonchev–Trinajstić information content (AvgIpc) is 2.16. The van der Waals surface area contributed by atoms with E-state index in [2.05, 4.69) is 12.1 Å². The summed E-state index contributed by atoms with van der Waals surface area (Å²) in [5.74, 6) is 0.924. The molecule has 1 rings (SSSR count). The summed E-state index contributed by atoms with van der Waals surface area (Å²) in [5, 5.41) is 9.16. The van der Waals surface area contributed by atoms with Gasteiger partial charge in [-0.1, -0.05) is 12.1 Å². The van der Waals surface area contributed by atoms with Gasteiger partial charge in [-0.25, -0.2) is 0 Å². The third kappa shape index (κ3) is 3.04. The van der Waals surface area contributed by atoms with Crippen LogP contribution in [0.1, 0.15) is 24.5 Å². The third-order valence-electron chi connectivity index (χ3n) is 2.32. The number of rotatable bonds is 4. The van der Waals surface area contributed by atoms with Crippen molar-refractivity contribution in [3.05, 3.63) is 29.3 Å². The van der Waals surface area contributed by atoms with Crippen molar-refractivity contribution in [3.8, 4) is 5.75 Å². The molecule has 1 atom stereocenters. The van der Waals surface area contributed by atoms with E-state index in [1.54, 1.807) is 7.11 Å². The van der Waals surface area contributed by atoms with Crippen molar-refractivity contribution in [2.75, 3.05) is 7.11 Å². The fourth-order valence-corrected chi connectivity index (χ4v) is 1.40. The molecule has 0 saturated carbocycles. The molecule has 0 amide bonds. The number of hydrogen-bond acceptors (Lipinski definition) is 2. The first-order valence-electron chi connectivity index (χ1n) is 4.95. The molecule has 0 aromatic heterocycles. The monoisotopic (exact) mass is 194 g/mol. The molecule has 78 valence electrons. The minimum absolute atomic E-state index is 0.234. The summed E-state index contributed by atoms with van der Waals surface area (Å²) >= 11 is 0. The van der Waals surface area contributed by atoms with Crippen molar-refractivity contribution in [2.24, 2.45) is 0 Å². The van der Waals surface area contributed by atoms with Gasteiger partial charge in [-0.2, -0.15) is 0 Å². The largest absolute Gasteiger partial charge is 0.496 e. The van der Waals surface area contributed by atoms with Crippen molar-refractivity contribution in [2.45, 2.75) is 32.8 Å². The summed E-state index contributed by atoms with van der Waals surface area (Å²) in [7, 11) is 1.68. The van der Waals surface area contributed by atoms with E-state index in [0.717, 1.165) is 24.2 Å². The molecule has 0 aliphatic rings. The second-order valence-electron chi connectivity index (χ2n) is 3.69. The maximum absolute atomic E-state index is 9.16. The molecule has 0 heterocycles. The van der Waals surface area contributed by atoms with Gasteiger partial charge in [0, 0.05) is 0 Å². The molecule has 1 aromatic carbocycles. The van der Waals surface area contributed by atoms with Crippen LogP contribution in [0.25, 0.3) is 0 Å². The first-order chi connectivity index (χ1) is 6.63. The lowest BCUT2D eigenvalue weighted by atomic mass is 10.1. The Morgan fingerprint density at radius 3 is 2.71 bits per heavy atom. The molecule has 0 aliphatic carbocycles. The standard InChI is InChI=1S/C12H18O2/c1-9-4-6-11(7-5-10(2)13)8-12(9)14-3/h4,6,8,10,13H,5,7H2,1-3H3/t10-/m1/s1. The normalized spacial score (nSPS) is 12.6. The Balaban J connectivity index is 2.69. The summed E-state index contributed by atoms with van der Waals surface area (Å²) in [6.07, 6.45) is 1.46. The summed E-state index contributed by atoms with van der Waals surface area (Å²) in [6.45, 7) is 3.84. The van der Waals surface area contributed by atoms with E-state index >= 15 is 0 Å². The van der Waals surface area contributed by atoms with Crippen LogP contribution < -0.4 is 4.74 Å². The quantitative estimate of drug-likeness (QED) is 0.797. The lowest BCUT2D eigenvalue weighted by Crippen LogP contribution is -2.01. The molecule has 0 saturated heterocycles. The van der Waals surface area contributed by atoms with E-state index in [-0.39, 0.29) is 6.10 Å². The Morgan fingerprint density at radius 2 is 2.14 bits per heavy atom. The number of benzene rings is 1. The molecule has 0 spiro atoms. The molecule has 2 heteroatoms. The maximum atomic E-state index is 9.16. The first-order valence-corrected chi connectivity index (χ1v) is 4.95. The van der Waals surface area contributed by atoms with Gasteiger partial charge < -0.3 is 9.84 Å². The number of aryl methyl sites for hydroxylation is 2. The van der Waals surface area contributed by atoms with E-state index in [1.165, 1.54) is 5.56 Å². The van der Waals surface area contributed by atoms with E-state index in [4.69, 9.17) is 9.84 Å². The van der Waals surface area contributed by atoms with Crippen LogP contribution >= 0.6 is 0 Å². The molecule has 0 radical (unpaired) electrons. The van der Waals surface area contributed by atoms with Crippen LogP contribution in [-0.4, -0.2) is 18.3 Å². The van der Waals surface area contributed by atoms with E-state index in [1.807, 2.05) is 19.9 Å². The van der Waals surface area contributed by atoms with Gasteiger partial charge in [0.25, 0.3) is 0 Å². The van der Waals surface area contributed by atoms with Crippen LogP contribution in [0.3, 0.4) is 0 Å². The number of aliphatic hydroxyl groups is 1. The molecule has 0 aliphatic heterocycles. The first kappa shape index (κ1) is 11.1. The molecule has 0 unspecified atom stereocenters. The van der Waals surface area contributed by atoms with Gasteiger partial charge in [0.1, 0.15) is 5.75 Å². The van der Waals surface area contributed by atoms with Crippen LogP contribution in [-0.2, 0) is 6.42 Å². The molecular formula is C12H18O2. The minimum Gasteiger partial charge on any atom is -0.496 e. The SMILES string of the molecule is COc1cc(CC[C@@H](C)O)ccc1C. The molecule has 0 bridgehead atoms. The lowest BCUT2D eigenvalue weighted by molar-refractivity contribution is 0.185. The number of aliphatic hydroxyl groups excluding tert-OH is 1. The highest BCUT2D eigenvalue weighted by Crippen LogP contribution is 2.19. The topological polar surface area (TPSA) is 29.5 Å². The van der Waals surface area contributed by atoms with E-state index in [0.29, 0.717) is 0 Å². The fraction of sp³-hybridized carbons (Fsp3) is 0.500.